The number of anilines is 1. The number of ether oxygens (including phenoxy) is 1. The first-order valence-corrected chi connectivity index (χ1v) is 9.57. The number of carbonyl (C=O) groups is 1. The molecule has 0 bridgehead atoms. The summed E-state index contributed by atoms with van der Waals surface area (Å²) in [6.45, 7) is 4.06. The summed E-state index contributed by atoms with van der Waals surface area (Å²) >= 11 is 1.74. The van der Waals surface area contributed by atoms with Gasteiger partial charge in [-0.3, -0.25) is 9.79 Å². The van der Waals surface area contributed by atoms with Crippen LogP contribution in [0.5, 0.6) is 5.75 Å². The number of amides is 1. The standard InChI is InChI=1S/C19H24N4O2S/c1-13-7-10-26-17(13)12-22-19(20-2)21-8-9-25-15-4-5-16-14(11-15)3-6-18(24)23-16/h4-5,7,10-11H,3,6,8-9,12H2,1-2H3,(H,23,24)(H2,20,21,22). The number of hydrogen-bond donors (Lipinski definition) is 3. The van der Waals surface area contributed by atoms with Gasteiger partial charge in [-0.1, -0.05) is 0 Å². The Balaban J connectivity index is 1.42. The first-order chi connectivity index (χ1) is 12.7. The zero-order valence-electron chi connectivity index (χ0n) is 15.1. The van der Waals surface area contributed by atoms with Gasteiger partial charge in [0.15, 0.2) is 5.96 Å². The van der Waals surface area contributed by atoms with Crippen molar-refractivity contribution >= 4 is 28.9 Å². The molecule has 2 heterocycles. The van der Waals surface area contributed by atoms with Crippen molar-refractivity contribution in [2.45, 2.75) is 26.3 Å². The number of benzene rings is 1. The summed E-state index contributed by atoms with van der Waals surface area (Å²) in [7, 11) is 1.76. The van der Waals surface area contributed by atoms with Crippen molar-refractivity contribution in [2.75, 3.05) is 25.5 Å². The highest BCUT2D eigenvalue weighted by Gasteiger charge is 2.14. The third-order valence-electron chi connectivity index (χ3n) is 4.24. The van der Waals surface area contributed by atoms with Gasteiger partial charge in [0.1, 0.15) is 12.4 Å². The van der Waals surface area contributed by atoms with Gasteiger partial charge in [-0.15, -0.1) is 11.3 Å². The summed E-state index contributed by atoms with van der Waals surface area (Å²) in [6, 6.07) is 7.91. The smallest absolute Gasteiger partial charge is 0.224 e. The van der Waals surface area contributed by atoms with Gasteiger partial charge >= 0.3 is 0 Å². The number of hydrogen-bond acceptors (Lipinski definition) is 4. The SMILES string of the molecule is CN=C(NCCOc1ccc2c(c1)CCC(=O)N2)NCc1sccc1C. The molecule has 6 nitrogen and oxygen atoms in total. The van der Waals surface area contributed by atoms with Crippen molar-refractivity contribution in [3.8, 4) is 5.75 Å². The Hall–Kier alpha value is -2.54. The number of aryl methyl sites for hydroxylation is 2. The Morgan fingerprint density at radius 1 is 1.31 bits per heavy atom. The van der Waals surface area contributed by atoms with Gasteiger partial charge in [0, 0.05) is 24.0 Å². The predicted molar refractivity (Wildman–Crippen MR) is 106 cm³/mol. The molecule has 7 heteroatoms. The molecule has 0 unspecified atom stereocenters. The van der Waals surface area contributed by atoms with E-state index in [0.717, 1.165) is 35.9 Å². The molecule has 2 aromatic rings. The van der Waals surface area contributed by atoms with Crippen LogP contribution in [-0.2, 0) is 17.8 Å². The maximum absolute atomic E-state index is 11.4. The minimum Gasteiger partial charge on any atom is -0.492 e. The summed E-state index contributed by atoms with van der Waals surface area (Å²) in [6.07, 6.45) is 1.29. The molecule has 0 atom stereocenters. The highest BCUT2D eigenvalue weighted by Crippen LogP contribution is 2.26. The van der Waals surface area contributed by atoms with Crippen LogP contribution in [0, 0.1) is 6.92 Å². The Kier molecular flexibility index (Phi) is 6.12. The lowest BCUT2D eigenvalue weighted by Gasteiger charge is -2.18. The molecule has 1 aliphatic heterocycles. The molecular weight excluding hydrogens is 348 g/mol. The van der Waals surface area contributed by atoms with E-state index >= 15 is 0 Å². The summed E-state index contributed by atoms with van der Waals surface area (Å²) < 4.78 is 5.81. The van der Waals surface area contributed by atoms with E-state index < -0.39 is 0 Å². The fraction of sp³-hybridized carbons (Fsp3) is 0.368. The molecule has 3 rings (SSSR count). The van der Waals surface area contributed by atoms with E-state index in [0.29, 0.717) is 19.6 Å². The second-order valence-corrected chi connectivity index (χ2v) is 7.10. The molecule has 138 valence electrons. The highest BCUT2D eigenvalue weighted by molar-refractivity contribution is 7.10. The molecule has 0 aliphatic carbocycles. The van der Waals surface area contributed by atoms with E-state index in [2.05, 4.69) is 39.3 Å². The molecule has 0 radical (unpaired) electrons. The van der Waals surface area contributed by atoms with Gasteiger partial charge in [0.2, 0.25) is 5.91 Å². The third-order valence-corrected chi connectivity index (χ3v) is 5.27. The zero-order chi connectivity index (χ0) is 18.4. The second kappa shape index (κ2) is 8.71. The van der Waals surface area contributed by atoms with Crippen molar-refractivity contribution in [1.29, 1.82) is 0 Å². The van der Waals surface area contributed by atoms with E-state index in [1.54, 1.807) is 18.4 Å². The molecule has 0 spiro atoms. The van der Waals surface area contributed by atoms with Crippen LogP contribution in [0.4, 0.5) is 5.69 Å². The first kappa shape index (κ1) is 18.3. The number of thiophene rings is 1. The summed E-state index contributed by atoms with van der Waals surface area (Å²) in [5.74, 6) is 1.65. The maximum atomic E-state index is 11.4. The second-order valence-electron chi connectivity index (χ2n) is 6.09. The Labute approximate surface area is 157 Å². The third kappa shape index (κ3) is 4.76. The van der Waals surface area contributed by atoms with Crippen molar-refractivity contribution in [1.82, 2.24) is 10.6 Å². The Bertz CT molecular complexity index is 801. The average molecular weight is 372 g/mol. The summed E-state index contributed by atoms with van der Waals surface area (Å²) in [4.78, 5) is 16.9. The van der Waals surface area contributed by atoms with Crippen LogP contribution >= 0.6 is 11.3 Å². The highest BCUT2D eigenvalue weighted by atomic mass is 32.1. The molecule has 0 saturated carbocycles. The number of aliphatic imine (C=N–C) groups is 1. The van der Waals surface area contributed by atoms with Crippen LogP contribution in [0.25, 0.3) is 0 Å². The predicted octanol–water partition coefficient (Wildman–Crippen LogP) is 2.69. The number of nitrogens with zero attached hydrogens (tertiary/aromatic N) is 1. The van der Waals surface area contributed by atoms with E-state index in [-0.39, 0.29) is 5.91 Å². The van der Waals surface area contributed by atoms with Gasteiger partial charge in [0.05, 0.1) is 13.1 Å². The van der Waals surface area contributed by atoms with Gasteiger partial charge in [-0.2, -0.15) is 0 Å². The molecule has 1 aromatic heterocycles. The summed E-state index contributed by atoms with van der Waals surface area (Å²) in [5.41, 5.74) is 3.31. The molecular formula is C19H24N4O2S. The molecule has 1 aliphatic rings. The Morgan fingerprint density at radius 2 is 2.19 bits per heavy atom. The fourth-order valence-electron chi connectivity index (χ4n) is 2.76. The Morgan fingerprint density at radius 3 is 2.96 bits per heavy atom. The van der Waals surface area contributed by atoms with E-state index in [4.69, 9.17) is 4.74 Å². The van der Waals surface area contributed by atoms with Crippen molar-refractivity contribution in [3.63, 3.8) is 0 Å². The number of nitrogens with one attached hydrogen (secondary N) is 3. The quantitative estimate of drug-likeness (QED) is 0.414. The lowest BCUT2D eigenvalue weighted by molar-refractivity contribution is -0.116. The van der Waals surface area contributed by atoms with Crippen LogP contribution in [-0.4, -0.2) is 32.1 Å². The van der Waals surface area contributed by atoms with Gasteiger partial charge < -0.3 is 20.7 Å². The summed E-state index contributed by atoms with van der Waals surface area (Å²) in [5, 5.41) is 11.5. The molecule has 26 heavy (non-hydrogen) atoms. The molecule has 1 amide bonds. The van der Waals surface area contributed by atoms with Gasteiger partial charge in [-0.25, -0.2) is 0 Å². The fourth-order valence-corrected chi connectivity index (χ4v) is 3.60. The molecule has 0 fully saturated rings. The number of guanidine groups is 1. The van der Waals surface area contributed by atoms with E-state index in [9.17, 15) is 4.79 Å². The molecule has 1 aromatic carbocycles. The molecule has 0 saturated heterocycles. The largest absolute Gasteiger partial charge is 0.492 e. The van der Waals surface area contributed by atoms with Crippen LogP contribution in [0.15, 0.2) is 34.6 Å². The minimum atomic E-state index is 0.0759. The minimum absolute atomic E-state index is 0.0759. The molecule has 3 N–H and O–H groups in total. The van der Waals surface area contributed by atoms with E-state index in [1.165, 1.54) is 10.4 Å². The van der Waals surface area contributed by atoms with E-state index in [1.807, 2.05) is 18.2 Å². The number of fused-ring (bicyclic) bond motifs is 1. The van der Waals surface area contributed by atoms with Crippen molar-refractivity contribution in [3.05, 3.63) is 45.6 Å². The van der Waals surface area contributed by atoms with Gasteiger partial charge in [-0.05, 0) is 54.1 Å². The van der Waals surface area contributed by atoms with Crippen molar-refractivity contribution < 1.29 is 9.53 Å². The topological polar surface area (TPSA) is 74.8 Å². The van der Waals surface area contributed by atoms with Crippen LogP contribution in [0.1, 0.15) is 22.4 Å². The van der Waals surface area contributed by atoms with Crippen LogP contribution in [0.2, 0.25) is 0 Å². The average Bonchev–Trinajstić information content (AvgIpc) is 3.06. The van der Waals surface area contributed by atoms with Crippen LogP contribution < -0.4 is 20.7 Å². The van der Waals surface area contributed by atoms with Crippen molar-refractivity contribution in [2.24, 2.45) is 4.99 Å². The zero-order valence-corrected chi connectivity index (χ0v) is 15.9. The maximum Gasteiger partial charge on any atom is 0.224 e. The normalized spacial score (nSPS) is 13.8. The first-order valence-electron chi connectivity index (χ1n) is 8.69. The van der Waals surface area contributed by atoms with Crippen LogP contribution in [0.3, 0.4) is 0 Å². The lowest BCUT2D eigenvalue weighted by atomic mass is 10.0. The monoisotopic (exact) mass is 372 g/mol. The van der Waals surface area contributed by atoms with Gasteiger partial charge in [0.25, 0.3) is 0 Å². The number of rotatable bonds is 6. The lowest BCUT2D eigenvalue weighted by Crippen LogP contribution is -2.38. The number of carbonyl (C=O) groups excluding carboxylic acids is 1.